The summed E-state index contributed by atoms with van der Waals surface area (Å²) in [5, 5.41) is 9.35. The van der Waals surface area contributed by atoms with Crippen molar-refractivity contribution in [2.45, 2.75) is 44.4 Å². The highest BCUT2D eigenvalue weighted by Gasteiger charge is 2.18. The molecule has 1 aromatic heterocycles. The van der Waals surface area contributed by atoms with E-state index in [-0.39, 0.29) is 22.8 Å². The Kier molecular flexibility index (Phi) is 8.15. The molecule has 3 rings (SSSR count). The monoisotopic (exact) mass is 482 g/mol. The minimum Gasteiger partial charge on any atom is -0.494 e. The molecule has 180 valence electrons. The van der Waals surface area contributed by atoms with Gasteiger partial charge in [0, 0.05) is 25.7 Å². The number of halogens is 1. The van der Waals surface area contributed by atoms with Gasteiger partial charge < -0.3 is 9.64 Å². The number of nitrogens with zero attached hydrogens (tertiary/aromatic N) is 4. The maximum Gasteiger partial charge on any atom is 0.233 e. The van der Waals surface area contributed by atoms with Gasteiger partial charge in [0.1, 0.15) is 0 Å². The van der Waals surface area contributed by atoms with Crippen LogP contribution in [0.25, 0.3) is 11.4 Å². The van der Waals surface area contributed by atoms with Crippen molar-refractivity contribution >= 4 is 17.7 Å². The summed E-state index contributed by atoms with van der Waals surface area (Å²) in [6.07, 6.45) is 1.78. The molecule has 0 aliphatic heterocycles. The smallest absolute Gasteiger partial charge is 0.233 e. The van der Waals surface area contributed by atoms with Gasteiger partial charge in [0.25, 0.3) is 0 Å². The molecule has 0 spiro atoms. The number of carbonyl (C=O) groups excluding carboxylic acids is 1. The zero-order chi connectivity index (χ0) is 24.9. The molecular formula is C26H31FN4O2S. The molecule has 6 nitrogen and oxygen atoms in total. The second kappa shape index (κ2) is 10.9. The summed E-state index contributed by atoms with van der Waals surface area (Å²) in [4.78, 5) is 14.3. The Morgan fingerprint density at radius 2 is 1.91 bits per heavy atom. The van der Waals surface area contributed by atoms with Crippen molar-refractivity contribution in [3.8, 4) is 17.1 Å². The van der Waals surface area contributed by atoms with Crippen LogP contribution in [0.2, 0.25) is 0 Å². The Bertz CT molecular complexity index is 1150. The van der Waals surface area contributed by atoms with E-state index in [4.69, 9.17) is 4.74 Å². The third-order valence-corrected chi connectivity index (χ3v) is 6.38. The predicted octanol–water partition coefficient (Wildman–Crippen LogP) is 5.33. The van der Waals surface area contributed by atoms with Crippen molar-refractivity contribution in [1.29, 1.82) is 0 Å². The number of thioether (sulfide) groups is 1. The lowest BCUT2D eigenvalue weighted by Crippen LogP contribution is -2.28. The Morgan fingerprint density at radius 3 is 2.50 bits per heavy atom. The zero-order valence-electron chi connectivity index (χ0n) is 20.3. The van der Waals surface area contributed by atoms with Crippen LogP contribution in [0.1, 0.15) is 31.9 Å². The van der Waals surface area contributed by atoms with Crippen LogP contribution in [-0.2, 0) is 23.3 Å². The Morgan fingerprint density at radius 1 is 1.21 bits per heavy atom. The molecule has 0 fully saturated rings. The van der Waals surface area contributed by atoms with Gasteiger partial charge in [0.15, 0.2) is 22.5 Å². The van der Waals surface area contributed by atoms with Gasteiger partial charge in [0.05, 0.1) is 12.9 Å². The third kappa shape index (κ3) is 6.05. The molecule has 34 heavy (non-hydrogen) atoms. The van der Waals surface area contributed by atoms with Gasteiger partial charge in [-0.3, -0.25) is 9.36 Å². The van der Waals surface area contributed by atoms with Gasteiger partial charge in [-0.05, 0) is 28.7 Å². The SMILES string of the molecule is C=CCn1c(SCC(=O)N(C)Cc2ccc(OC)c(F)c2)nnc1-c1ccc(C(C)(C)C)cc1. The average Bonchev–Trinajstić information content (AvgIpc) is 3.19. The molecule has 0 saturated heterocycles. The summed E-state index contributed by atoms with van der Waals surface area (Å²) in [6, 6.07) is 13.0. The molecule has 0 aliphatic carbocycles. The predicted molar refractivity (Wildman–Crippen MR) is 135 cm³/mol. The Balaban J connectivity index is 1.69. The number of aromatic nitrogens is 3. The lowest BCUT2D eigenvalue weighted by molar-refractivity contribution is -0.127. The van der Waals surface area contributed by atoms with E-state index in [1.54, 1.807) is 30.2 Å². The number of ether oxygens (including phenoxy) is 1. The summed E-state index contributed by atoms with van der Waals surface area (Å²) < 4.78 is 20.9. The first-order chi connectivity index (χ1) is 16.1. The van der Waals surface area contributed by atoms with Crippen molar-refractivity contribution in [3.63, 3.8) is 0 Å². The number of methoxy groups -OCH3 is 1. The van der Waals surface area contributed by atoms with Crippen molar-refractivity contribution in [2.24, 2.45) is 0 Å². The van der Waals surface area contributed by atoms with Crippen LogP contribution in [0.3, 0.4) is 0 Å². The van der Waals surface area contributed by atoms with E-state index >= 15 is 0 Å². The second-order valence-electron chi connectivity index (χ2n) is 9.04. The van der Waals surface area contributed by atoms with Gasteiger partial charge >= 0.3 is 0 Å². The van der Waals surface area contributed by atoms with E-state index in [1.165, 1.54) is 30.5 Å². The first-order valence-corrected chi connectivity index (χ1v) is 12.0. The molecule has 0 saturated carbocycles. The van der Waals surface area contributed by atoms with Crippen LogP contribution in [0.15, 0.2) is 60.3 Å². The van der Waals surface area contributed by atoms with E-state index in [2.05, 4.69) is 49.7 Å². The fraction of sp³-hybridized carbons (Fsp3) is 0.346. The number of allylic oxidation sites excluding steroid dienone is 1. The average molecular weight is 483 g/mol. The molecule has 2 aromatic carbocycles. The molecule has 0 unspecified atom stereocenters. The molecule has 0 atom stereocenters. The fourth-order valence-corrected chi connectivity index (χ4v) is 4.32. The van der Waals surface area contributed by atoms with Crippen LogP contribution >= 0.6 is 11.8 Å². The highest BCUT2D eigenvalue weighted by atomic mass is 32.2. The van der Waals surface area contributed by atoms with Crippen LogP contribution in [-0.4, -0.2) is 45.5 Å². The van der Waals surface area contributed by atoms with Crippen LogP contribution in [0.4, 0.5) is 4.39 Å². The number of carbonyl (C=O) groups is 1. The van der Waals surface area contributed by atoms with E-state index in [0.29, 0.717) is 23.8 Å². The van der Waals surface area contributed by atoms with Crippen LogP contribution in [0, 0.1) is 5.82 Å². The van der Waals surface area contributed by atoms with Crippen molar-refractivity contribution < 1.29 is 13.9 Å². The molecule has 3 aromatic rings. The molecule has 0 aliphatic rings. The number of rotatable bonds is 9. The second-order valence-corrected chi connectivity index (χ2v) is 9.98. The van der Waals surface area contributed by atoms with Crippen LogP contribution < -0.4 is 4.74 Å². The number of amides is 1. The van der Waals surface area contributed by atoms with Gasteiger partial charge in [-0.1, -0.05) is 68.9 Å². The van der Waals surface area contributed by atoms with E-state index < -0.39 is 5.82 Å². The maximum absolute atomic E-state index is 14.0. The topological polar surface area (TPSA) is 60.2 Å². The summed E-state index contributed by atoms with van der Waals surface area (Å²) in [7, 11) is 3.12. The Labute approximate surface area is 204 Å². The van der Waals surface area contributed by atoms with Gasteiger partial charge in [0.2, 0.25) is 5.91 Å². The maximum atomic E-state index is 14.0. The highest BCUT2D eigenvalue weighted by molar-refractivity contribution is 7.99. The lowest BCUT2D eigenvalue weighted by Gasteiger charge is -2.19. The summed E-state index contributed by atoms with van der Waals surface area (Å²) in [6.45, 7) is 11.2. The fourth-order valence-electron chi connectivity index (χ4n) is 3.43. The Hall–Kier alpha value is -3.13. The minimum atomic E-state index is -0.448. The molecule has 1 heterocycles. The quantitative estimate of drug-likeness (QED) is 0.305. The first kappa shape index (κ1) is 25.5. The van der Waals surface area contributed by atoms with Crippen LogP contribution in [0.5, 0.6) is 5.75 Å². The number of benzene rings is 2. The molecular weight excluding hydrogens is 451 g/mol. The van der Waals surface area contributed by atoms with E-state index in [1.807, 2.05) is 16.7 Å². The molecule has 0 bridgehead atoms. The molecule has 1 amide bonds. The largest absolute Gasteiger partial charge is 0.494 e. The van der Waals surface area contributed by atoms with Gasteiger partial charge in [-0.2, -0.15) is 0 Å². The van der Waals surface area contributed by atoms with Crippen molar-refractivity contribution in [1.82, 2.24) is 19.7 Å². The molecule has 0 N–H and O–H groups in total. The van der Waals surface area contributed by atoms with E-state index in [0.717, 1.165) is 11.4 Å². The standard InChI is InChI=1S/C26H31FN4O2S/c1-7-14-31-24(19-9-11-20(12-10-19)26(2,3)4)28-29-25(31)34-17-23(32)30(5)16-18-8-13-22(33-6)21(27)15-18/h7-13,15H,1,14,16-17H2,2-6H3. The van der Waals surface area contributed by atoms with Gasteiger partial charge in [-0.25, -0.2) is 4.39 Å². The number of hydrogen-bond acceptors (Lipinski definition) is 5. The summed E-state index contributed by atoms with van der Waals surface area (Å²) >= 11 is 1.32. The van der Waals surface area contributed by atoms with Gasteiger partial charge in [-0.15, -0.1) is 16.8 Å². The number of hydrogen-bond donors (Lipinski definition) is 0. The summed E-state index contributed by atoms with van der Waals surface area (Å²) in [5.74, 6) is 0.560. The normalized spacial score (nSPS) is 11.4. The highest BCUT2D eigenvalue weighted by Crippen LogP contribution is 2.28. The minimum absolute atomic E-state index is 0.0678. The van der Waals surface area contributed by atoms with Crippen molar-refractivity contribution in [3.05, 3.63) is 72.1 Å². The zero-order valence-corrected chi connectivity index (χ0v) is 21.2. The van der Waals surface area contributed by atoms with Crippen molar-refractivity contribution in [2.75, 3.05) is 19.9 Å². The first-order valence-electron chi connectivity index (χ1n) is 11.0. The lowest BCUT2D eigenvalue weighted by atomic mass is 9.87. The third-order valence-electron chi connectivity index (χ3n) is 5.42. The van der Waals surface area contributed by atoms with E-state index in [9.17, 15) is 9.18 Å². The molecule has 0 radical (unpaired) electrons. The molecule has 8 heteroatoms. The summed E-state index contributed by atoms with van der Waals surface area (Å²) in [5.41, 5.74) is 2.96.